The van der Waals surface area contributed by atoms with Gasteiger partial charge in [0, 0.05) is 19.6 Å². The van der Waals surface area contributed by atoms with Crippen LogP contribution in [0.3, 0.4) is 0 Å². The largest absolute Gasteiger partial charge is 0.481 e. The molecule has 0 saturated carbocycles. The second kappa shape index (κ2) is 4.56. The van der Waals surface area contributed by atoms with Gasteiger partial charge in [0.25, 0.3) is 5.91 Å². The lowest BCUT2D eigenvalue weighted by atomic mass is 10.0. The zero-order chi connectivity index (χ0) is 14.3. The highest BCUT2D eigenvalue weighted by Crippen LogP contribution is 2.32. The van der Waals surface area contributed by atoms with Crippen molar-refractivity contribution in [3.8, 4) is 0 Å². The fraction of sp³-hybridized carbons (Fsp3) is 0.583. The summed E-state index contributed by atoms with van der Waals surface area (Å²) in [5, 5.41) is 13.4. The lowest BCUT2D eigenvalue weighted by molar-refractivity contribution is -0.141. The number of aromatic nitrogens is 2. The molecular weight excluding hydrogens is 248 g/mol. The maximum Gasteiger partial charge on any atom is 0.308 e. The highest BCUT2D eigenvalue weighted by atomic mass is 16.4. The first-order chi connectivity index (χ1) is 8.84. The third-order valence-corrected chi connectivity index (χ3v) is 3.78. The molecule has 0 aromatic carbocycles. The maximum atomic E-state index is 11.6. The van der Waals surface area contributed by atoms with E-state index >= 15 is 0 Å². The van der Waals surface area contributed by atoms with Crippen molar-refractivity contribution in [1.29, 1.82) is 0 Å². The second-order valence-electron chi connectivity index (χ2n) is 4.94. The predicted octanol–water partition coefficient (Wildman–Crippen LogP) is 0.127. The lowest BCUT2D eigenvalue weighted by Crippen LogP contribution is -2.35. The van der Waals surface area contributed by atoms with E-state index in [2.05, 4.69) is 5.10 Å². The molecule has 0 aliphatic carbocycles. The van der Waals surface area contributed by atoms with Crippen LogP contribution in [-0.2, 0) is 11.8 Å². The van der Waals surface area contributed by atoms with Gasteiger partial charge in [-0.15, -0.1) is 0 Å². The first-order valence-electron chi connectivity index (χ1n) is 6.17. The minimum atomic E-state index is -0.811. The van der Waals surface area contributed by atoms with Crippen molar-refractivity contribution in [3.05, 3.63) is 11.3 Å². The molecule has 2 heterocycles. The number of carbonyl (C=O) groups is 2. The van der Waals surface area contributed by atoms with Gasteiger partial charge in [-0.3, -0.25) is 14.3 Å². The SMILES string of the molecule is Cc1nn(C)c(N2CCC(C(=O)O)C2C)c1C(N)=O. The Kier molecular flexibility index (Phi) is 3.21. The molecule has 1 amide bonds. The number of carboxylic acids is 1. The number of aryl methyl sites for hydroxylation is 2. The number of nitrogens with zero attached hydrogens (tertiary/aromatic N) is 3. The molecule has 2 rings (SSSR count). The van der Waals surface area contributed by atoms with Crippen molar-refractivity contribution in [3.63, 3.8) is 0 Å². The number of amides is 1. The molecule has 0 spiro atoms. The van der Waals surface area contributed by atoms with Gasteiger partial charge in [-0.2, -0.15) is 5.10 Å². The molecule has 1 fully saturated rings. The Balaban J connectivity index is 2.44. The van der Waals surface area contributed by atoms with Crippen LogP contribution < -0.4 is 10.6 Å². The highest BCUT2D eigenvalue weighted by molar-refractivity contribution is 5.99. The topological polar surface area (TPSA) is 101 Å². The van der Waals surface area contributed by atoms with E-state index in [0.717, 1.165) is 0 Å². The number of rotatable bonds is 3. The van der Waals surface area contributed by atoms with E-state index in [4.69, 9.17) is 10.8 Å². The molecule has 1 saturated heterocycles. The molecule has 19 heavy (non-hydrogen) atoms. The number of primary amides is 1. The fourth-order valence-corrected chi connectivity index (χ4v) is 2.83. The Bertz CT molecular complexity index is 537. The summed E-state index contributed by atoms with van der Waals surface area (Å²) >= 11 is 0. The van der Waals surface area contributed by atoms with Crippen LogP contribution in [0.15, 0.2) is 0 Å². The molecular formula is C12H18N4O3. The van der Waals surface area contributed by atoms with Crippen LogP contribution in [0.25, 0.3) is 0 Å². The number of hydrogen-bond donors (Lipinski definition) is 2. The Morgan fingerprint density at radius 2 is 2.11 bits per heavy atom. The van der Waals surface area contributed by atoms with Gasteiger partial charge in [0.1, 0.15) is 11.4 Å². The number of nitrogens with two attached hydrogens (primary N) is 1. The zero-order valence-corrected chi connectivity index (χ0v) is 11.3. The summed E-state index contributed by atoms with van der Waals surface area (Å²) in [5.74, 6) is -1.17. The van der Waals surface area contributed by atoms with E-state index in [0.29, 0.717) is 30.0 Å². The molecule has 1 aromatic rings. The number of carboxylic acid groups (broad SMARTS) is 1. The molecule has 1 aromatic heterocycles. The molecule has 1 aliphatic rings. The molecule has 7 nitrogen and oxygen atoms in total. The summed E-state index contributed by atoms with van der Waals surface area (Å²) in [5.41, 5.74) is 6.34. The molecule has 3 N–H and O–H groups in total. The van der Waals surface area contributed by atoms with Crippen LogP contribution in [0.2, 0.25) is 0 Å². The van der Waals surface area contributed by atoms with Crippen LogP contribution in [0.1, 0.15) is 29.4 Å². The second-order valence-corrected chi connectivity index (χ2v) is 4.94. The Hall–Kier alpha value is -2.05. The predicted molar refractivity (Wildman–Crippen MR) is 69.0 cm³/mol. The normalized spacial score (nSPS) is 22.8. The minimum absolute atomic E-state index is 0.189. The van der Waals surface area contributed by atoms with Gasteiger partial charge < -0.3 is 15.7 Å². The summed E-state index contributed by atoms with van der Waals surface area (Å²) in [6.45, 7) is 4.15. The summed E-state index contributed by atoms with van der Waals surface area (Å²) in [7, 11) is 1.73. The van der Waals surface area contributed by atoms with E-state index in [1.807, 2.05) is 11.8 Å². The molecule has 0 radical (unpaired) electrons. The molecule has 1 aliphatic heterocycles. The monoisotopic (exact) mass is 266 g/mol. The fourth-order valence-electron chi connectivity index (χ4n) is 2.83. The summed E-state index contributed by atoms with van der Waals surface area (Å²) in [4.78, 5) is 24.6. The Labute approximate surface area is 111 Å². The van der Waals surface area contributed by atoms with Crippen LogP contribution in [0.5, 0.6) is 0 Å². The van der Waals surface area contributed by atoms with Crippen LogP contribution in [0.4, 0.5) is 5.82 Å². The van der Waals surface area contributed by atoms with E-state index in [9.17, 15) is 9.59 Å². The van der Waals surface area contributed by atoms with Crippen LogP contribution >= 0.6 is 0 Å². The average Bonchev–Trinajstić information content (AvgIpc) is 2.78. The third-order valence-electron chi connectivity index (χ3n) is 3.78. The van der Waals surface area contributed by atoms with Gasteiger partial charge in [0.2, 0.25) is 0 Å². The number of anilines is 1. The summed E-state index contributed by atoms with van der Waals surface area (Å²) in [6, 6.07) is -0.189. The molecule has 7 heteroatoms. The summed E-state index contributed by atoms with van der Waals surface area (Å²) < 4.78 is 1.59. The van der Waals surface area contributed by atoms with Gasteiger partial charge in [-0.1, -0.05) is 0 Å². The van der Waals surface area contributed by atoms with Crippen molar-refractivity contribution in [2.45, 2.75) is 26.3 Å². The van der Waals surface area contributed by atoms with Gasteiger partial charge in [-0.25, -0.2) is 0 Å². The van der Waals surface area contributed by atoms with Crippen LogP contribution in [0, 0.1) is 12.8 Å². The lowest BCUT2D eigenvalue weighted by Gasteiger charge is -2.26. The quantitative estimate of drug-likeness (QED) is 0.809. The Morgan fingerprint density at radius 1 is 1.47 bits per heavy atom. The number of aliphatic carboxylic acids is 1. The molecule has 2 atom stereocenters. The first kappa shape index (κ1) is 13.4. The number of carbonyl (C=O) groups excluding carboxylic acids is 1. The van der Waals surface area contributed by atoms with Gasteiger partial charge in [0.05, 0.1) is 11.6 Å². The van der Waals surface area contributed by atoms with E-state index < -0.39 is 17.8 Å². The van der Waals surface area contributed by atoms with E-state index in [1.54, 1.807) is 18.7 Å². The number of hydrogen-bond acceptors (Lipinski definition) is 4. The van der Waals surface area contributed by atoms with Gasteiger partial charge >= 0.3 is 5.97 Å². The standard InChI is InChI=1S/C12H18N4O3/c1-6-9(10(13)17)11(15(3)14-6)16-5-4-8(7(16)2)12(18)19/h7-8H,4-5H2,1-3H3,(H2,13,17)(H,18,19). The smallest absolute Gasteiger partial charge is 0.308 e. The highest BCUT2D eigenvalue weighted by Gasteiger charge is 2.38. The van der Waals surface area contributed by atoms with Gasteiger partial charge in [-0.05, 0) is 20.3 Å². The van der Waals surface area contributed by atoms with Gasteiger partial charge in [0.15, 0.2) is 0 Å². The van der Waals surface area contributed by atoms with E-state index in [-0.39, 0.29) is 6.04 Å². The van der Waals surface area contributed by atoms with Crippen molar-refractivity contribution >= 4 is 17.7 Å². The minimum Gasteiger partial charge on any atom is -0.481 e. The van der Waals surface area contributed by atoms with Crippen molar-refractivity contribution in [2.75, 3.05) is 11.4 Å². The van der Waals surface area contributed by atoms with Crippen molar-refractivity contribution in [1.82, 2.24) is 9.78 Å². The maximum absolute atomic E-state index is 11.6. The Morgan fingerprint density at radius 3 is 2.58 bits per heavy atom. The van der Waals surface area contributed by atoms with E-state index in [1.165, 1.54) is 0 Å². The van der Waals surface area contributed by atoms with Crippen LogP contribution in [-0.4, -0.2) is 39.4 Å². The summed E-state index contributed by atoms with van der Waals surface area (Å²) in [6.07, 6.45) is 0.554. The van der Waals surface area contributed by atoms with Crippen molar-refractivity contribution in [2.24, 2.45) is 18.7 Å². The molecule has 104 valence electrons. The zero-order valence-electron chi connectivity index (χ0n) is 11.3. The first-order valence-corrected chi connectivity index (χ1v) is 6.17. The third kappa shape index (κ3) is 2.05. The average molecular weight is 266 g/mol. The molecule has 2 unspecified atom stereocenters. The van der Waals surface area contributed by atoms with Crippen molar-refractivity contribution < 1.29 is 14.7 Å². The molecule has 0 bridgehead atoms.